The van der Waals surface area contributed by atoms with E-state index in [0.717, 1.165) is 10.0 Å². The lowest BCUT2D eigenvalue weighted by molar-refractivity contribution is -0.0423. The van der Waals surface area contributed by atoms with E-state index in [1.165, 1.54) is 0 Å². The highest BCUT2D eigenvalue weighted by atomic mass is 79.9. The largest absolute Gasteiger partial charge is 0.490 e. The van der Waals surface area contributed by atoms with Crippen molar-refractivity contribution in [1.82, 2.24) is 0 Å². The fourth-order valence-electron chi connectivity index (χ4n) is 1.55. The molecular formula is C14H21BrO5. The van der Waals surface area contributed by atoms with Crippen LogP contribution >= 0.6 is 15.9 Å². The van der Waals surface area contributed by atoms with Gasteiger partial charge in [0.2, 0.25) is 0 Å². The van der Waals surface area contributed by atoms with Gasteiger partial charge < -0.3 is 24.4 Å². The lowest BCUT2D eigenvalue weighted by Crippen LogP contribution is -2.27. The summed E-state index contributed by atoms with van der Waals surface area (Å²) in [6, 6.07) is 5.29. The minimum atomic E-state index is -0.710. The first-order valence-corrected chi connectivity index (χ1v) is 7.16. The number of halogens is 1. The number of benzene rings is 1. The molecule has 0 radical (unpaired) electrons. The number of rotatable bonds is 9. The van der Waals surface area contributed by atoms with Crippen molar-refractivity contribution >= 4 is 15.9 Å². The summed E-state index contributed by atoms with van der Waals surface area (Å²) in [5.41, 5.74) is 0.793. The maximum atomic E-state index is 9.77. The third kappa shape index (κ3) is 6.19. The topological polar surface area (TPSA) is 68.2 Å². The van der Waals surface area contributed by atoms with Gasteiger partial charge in [0.05, 0.1) is 30.4 Å². The fraction of sp³-hybridized carbons (Fsp3) is 0.571. The molecule has 114 valence electrons. The van der Waals surface area contributed by atoms with Crippen LogP contribution in [-0.2, 0) is 16.1 Å². The average molecular weight is 349 g/mol. The predicted molar refractivity (Wildman–Crippen MR) is 78.9 cm³/mol. The highest BCUT2D eigenvalue weighted by Gasteiger charge is 2.10. The Balaban J connectivity index is 2.35. The number of hydrogen-bond donors (Lipinski definition) is 2. The monoisotopic (exact) mass is 348 g/mol. The number of ether oxygens (including phenoxy) is 3. The first kappa shape index (κ1) is 17.4. The Morgan fingerprint density at radius 2 is 2.00 bits per heavy atom. The fourth-order valence-corrected chi connectivity index (χ4v) is 2.09. The molecule has 0 aliphatic carbocycles. The molecule has 0 aliphatic heterocycles. The number of methoxy groups -OCH3 is 1. The van der Waals surface area contributed by atoms with Gasteiger partial charge in [-0.1, -0.05) is 6.07 Å². The normalized spacial score (nSPS) is 14.1. The Morgan fingerprint density at radius 1 is 1.25 bits per heavy atom. The summed E-state index contributed by atoms with van der Waals surface area (Å²) in [6.07, 6.45) is -0.774. The zero-order chi connectivity index (χ0) is 15.0. The van der Waals surface area contributed by atoms with Crippen molar-refractivity contribution in [3.05, 3.63) is 28.2 Å². The van der Waals surface area contributed by atoms with Crippen molar-refractivity contribution in [1.29, 1.82) is 0 Å². The SMILES string of the molecule is COCC(C)OCC(O)COc1ccc(CO)cc1Br. The summed E-state index contributed by atoms with van der Waals surface area (Å²) in [6.45, 7) is 2.67. The van der Waals surface area contributed by atoms with Gasteiger partial charge in [0.25, 0.3) is 0 Å². The minimum Gasteiger partial charge on any atom is -0.490 e. The molecule has 1 rings (SSSR count). The van der Waals surface area contributed by atoms with Gasteiger partial charge in [-0.05, 0) is 40.5 Å². The summed E-state index contributed by atoms with van der Waals surface area (Å²) >= 11 is 3.36. The van der Waals surface area contributed by atoms with Crippen LogP contribution in [0.5, 0.6) is 5.75 Å². The molecule has 2 N–H and O–H groups in total. The molecule has 0 heterocycles. The molecule has 5 nitrogen and oxygen atoms in total. The Kier molecular flexibility index (Phi) is 8.09. The molecule has 2 atom stereocenters. The molecule has 0 aliphatic rings. The van der Waals surface area contributed by atoms with Gasteiger partial charge in [0.15, 0.2) is 0 Å². The van der Waals surface area contributed by atoms with Crippen LogP contribution in [-0.4, -0.2) is 49.4 Å². The van der Waals surface area contributed by atoms with Crippen LogP contribution in [0.2, 0.25) is 0 Å². The van der Waals surface area contributed by atoms with E-state index in [2.05, 4.69) is 15.9 Å². The number of aliphatic hydroxyl groups is 2. The van der Waals surface area contributed by atoms with Gasteiger partial charge in [-0.15, -0.1) is 0 Å². The smallest absolute Gasteiger partial charge is 0.133 e. The van der Waals surface area contributed by atoms with Crippen LogP contribution in [0, 0.1) is 0 Å². The van der Waals surface area contributed by atoms with E-state index in [4.69, 9.17) is 19.3 Å². The molecular weight excluding hydrogens is 328 g/mol. The van der Waals surface area contributed by atoms with Crippen molar-refractivity contribution in [3.63, 3.8) is 0 Å². The van der Waals surface area contributed by atoms with Crippen LogP contribution < -0.4 is 4.74 Å². The molecule has 2 unspecified atom stereocenters. The molecule has 0 aromatic heterocycles. The Morgan fingerprint density at radius 3 is 2.60 bits per heavy atom. The van der Waals surface area contributed by atoms with Crippen molar-refractivity contribution in [3.8, 4) is 5.75 Å². The summed E-state index contributed by atoms with van der Waals surface area (Å²) in [5.74, 6) is 0.617. The third-order valence-electron chi connectivity index (χ3n) is 2.58. The summed E-state index contributed by atoms with van der Waals surface area (Å²) in [4.78, 5) is 0. The summed E-state index contributed by atoms with van der Waals surface area (Å²) in [5, 5.41) is 18.8. The molecule has 20 heavy (non-hydrogen) atoms. The van der Waals surface area contributed by atoms with Crippen molar-refractivity contribution in [2.75, 3.05) is 26.9 Å². The van der Waals surface area contributed by atoms with Crippen molar-refractivity contribution in [2.24, 2.45) is 0 Å². The van der Waals surface area contributed by atoms with E-state index < -0.39 is 6.10 Å². The second-order valence-corrected chi connectivity index (χ2v) is 5.34. The first-order chi connectivity index (χ1) is 9.56. The van der Waals surface area contributed by atoms with E-state index in [1.807, 2.05) is 6.92 Å². The van der Waals surface area contributed by atoms with Crippen LogP contribution in [0.3, 0.4) is 0 Å². The predicted octanol–water partition coefficient (Wildman–Crippen LogP) is 1.73. The van der Waals surface area contributed by atoms with E-state index in [9.17, 15) is 5.11 Å². The molecule has 0 bridgehead atoms. The third-order valence-corrected chi connectivity index (χ3v) is 3.20. The van der Waals surface area contributed by atoms with Crippen molar-refractivity contribution in [2.45, 2.75) is 25.7 Å². The minimum absolute atomic E-state index is 0.0211. The zero-order valence-electron chi connectivity index (χ0n) is 11.7. The van der Waals surface area contributed by atoms with Gasteiger partial charge in [-0.3, -0.25) is 0 Å². The standard InChI is InChI=1S/C14H21BrO5/c1-10(7-18-2)19-8-12(17)9-20-14-4-3-11(6-16)5-13(14)15/h3-5,10,12,16-17H,6-9H2,1-2H3. The van der Waals surface area contributed by atoms with E-state index in [0.29, 0.717) is 12.4 Å². The molecule has 0 saturated heterocycles. The Labute approximate surface area is 127 Å². The Bertz CT molecular complexity index is 399. The van der Waals surface area contributed by atoms with Gasteiger partial charge >= 0.3 is 0 Å². The molecule has 6 heteroatoms. The lowest BCUT2D eigenvalue weighted by atomic mass is 10.2. The molecule has 0 amide bonds. The molecule has 0 spiro atoms. The highest BCUT2D eigenvalue weighted by molar-refractivity contribution is 9.10. The second-order valence-electron chi connectivity index (χ2n) is 4.49. The quantitative estimate of drug-likeness (QED) is 0.711. The van der Waals surface area contributed by atoms with E-state index >= 15 is 0 Å². The Hall–Kier alpha value is -0.660. The number of hydrogen-bond acceptors (Lipinski definition) is 5. The number of aliphatic hydroxyl groups excluding tert-OH is 2. The van der Waals surface area contributed by atoms with Crippen LogP contribution in [0.1, 0.15) is 12.5 Å². The molecule has 1 aromatic rings. The lowest BCUT2D eigenvalue weighted by Gasteiger charge is -2.17. The maximum Gasteiger partial charge on any atom is 0.133 e. The highest BCUT2D eigenvalue weighted by Crippen LogP contribution is 2.26. The van der Waals surface area contributed by atoms with Gasteiger partial charge in [-0.25, -0.2) is 0 Å². The zero-order valence-corrected chi connectivity index (χ0v) is 13.3. The molecule has 1 aromatic carbocycles. The molecule has 0 fully saturated rings. The maximum absolute atomic E-state index is 9.77. The average Bonchev–Trinajstić information content (AvgIpc) is 2.44. The van der Waals surface area contributed by atoms with Crippen LogP contribution in [0.25, 0.3) is 0 Å². The van der Waals surface area contributed by atoms with E-state index in [-0.39, 0.29) is 25.9 Å². The van der Waals surface area contributed by atoms with Crippen LogP contribution in [0.4, 0.5) is 0 Å². The molecule has 0 saturated carbocycles. The second kappa shape index (κ2) is 9.31. The first-order valence-electron chi connectivity index (χ1n) is 6.37. The van der Waals surface area contributed by atoms with Gasteiger partial charge in [0.1, 0.15) is 18.5 Å². The summed E-state index contributed by atoms with van der Waals surface area (Å²) < 4.78 is 16.6. The van der Waals surface area contributed by atoms with Crippen LogP contribution in [0.15, 0.2) is 22.7 Å². The summed E-state index contributed by atoms with van der Waals surface area (Å²) in [7, 11) is 1.60. The van der Waals surface area contributed by atoms with Crippen molar-refractivity contribution < 1.29 is 24.4 Å². The van der Waals surface area contributed by atoms with E-state index in [1.54, 1.807) is 25.3 Å². The van der Waals surface area contributed by atoms with Gasteiger partial charge in [0, 0.05) is 7.11 Å². The van der Waals surface area contributed by atoms with Gasteiger partial charge in [-0.2, -0.15) is 0 Å².